The van der Waals surface area contributed by atoms with Gasteiger partial charge in [-0.3, -0.25) is 4.98 Å². The largest absolute Gasteiger partial charge is 0.573 e. The Morgan fingerprint density at radius 3 is 2.47 bits per heavy atom. The van der Waals surface area contributed by atoms with Gasteiger partial charge in [-0.05, 0) is 17.7 Å². The van der Waals surface area contributed by atoms with Gasteiger partial charge in [-0.15, -0.1) is 24.5 Å². The summed E-state index contributed by atoms with van der Waals surface area (Å²) in [5, 5.41) is 9.88. The van der Waals surface area contributed by atoms with Crippen LogP contribution in [0.3, 0.4) is 0 Å². The quantitative estimate of drug-likeness (QED) is 0.939. The highest BCUT2D eigenvalue weighted by atomic mass is 32.1. The molecule has 1 heterocycles. The Morgan fingerprint density at radius 1 is 1.26 bits per heavy atom. The summed E-state index contributed by atoms with van der Waals surface area (Å²) in [6.07, 6.45) is -3.52. The first-order valence-corrected chi connectivity index (χ1v) is 6.23. The van der Waals surface area contributed by atoms with Crippen molar-refractivity contribution in [1.82, 2.24) is 4.98 Å². The standard InChI is InChI=1S/C12H10F3NO2S/c13-12(14,15)18-9-3-1-8(2-4-9)5-10(17)11-6-16-7-19-11/h1-4,6-7,10,17H,5H2. The average Bonchev–Trinajstić information content (AvgIpc) is 2.83. The van der Waals surface area contributed by atoms with E-state index in [1.165, 1.54) is 35.6 Å². The highest BCUT2D eigenvalue weighted by molar-refractivity contribution is 7.09. The van der Waals surface area contributed by atoms with Crippen LogP contribution < -0.4 is 4.74 Å². The molecule has 0 saturated heterocycles. The minimum atomic E-state index is -4.69. The fraction of sp³-hybridized carbons (Fsp3) is 0.250. The van der Waals surface area contributed by atoms with Crippen LogP contribution in [0.1, 0.15) is 16.5 Å². The van der Waals surface area contributed by atoms with Gasteiger partial charge in [0.05, 0.1) is 16.5 Å². The van der Waals surface area contributed by atoms with Crippen molar-refractivity contribution in [2.75, 3.05) is 0 Å². The lowest BCUT2D eigenvalue weighted by molar-refractivity contribution is -0.274. The van der Waals surface area contributed by atoms with Gasteiger partial charge in [-0.25, -0.2) is 0 Å². The van der Waals surface area contributed by atoms with Gasteiger partial charge in [0, 0.05) is 12.6 Å². The predicted octanol–water partition coefficient (Wildman–Crippen LogP) is 3.32. The molecule has 7 heteroatoms. The summed E-state index contributed by atoms with van der Waals surface area (Å²) < 4.78 is 39.7. The lowest BCUT2D eigenvalue weighted by Crippen LogP contribution is -2.17. The summed E-state index contributed by atoms with van der Waals surface area (Å²) in [6.45, 7) is 0. The number of ether oxygens (including phenoxy) is 1. The molecule has 0 aliphatic heterocycles. The minimum Gasteiger partial charge on any atom is -0.406 e. The third-order valence-corrected chi connectivity index (χ3v) is 3.24. The van der Waals surface area contributed by atoms with E-state index in [4.69, 9.17) is 0 Å². The SMILES string of the molecule is OC(Cc1ccc(OC(F)(F)F)cc1)c1cncs1. The van der Waals surface area contributed by atoms with Crippen molar-refractivity contribution in [3.8, 4) is 5.75 Å². The Balaban J connectivity index is 1.99. The average molecular weight is 289 g/mol. The first-order valence-electron chi connectivity index (χ1n) is 5.35. The lowest BCUT2D eigenvalue weighted by Gasteiger charge is -2.11. The van der Waals surface area contributed by atoms with Gasteiger partial charge in [0.1, 0.15) is 5.75 Å². The van der Waals surface area contributed by atoms with Gasteiger partial charge in [0.25, 0.3) is 0 Å². The minimum absolute atomic E-state index is 0.275. The number of benzene rings is 1. The number of nitrogens with zero attached hydrogens (tertiary/aromatic N) is 1. The molecular weight excluding hydrogens is 279 g/mol. The molecule has 102 valence electrons. The molecule has 1 aromatic heterocycles. The number of alkyl halides is 3. The Labute approximate surface area is 111 Å². The van der Waals surface area contributed by atoms with E-state index >= 15 is 0 Å². The number of halogens is 3. The van der Waals surface area contributed by atoms with E-state index in [1.54, 1.807) is 11.7 Å². The van der Waals surface area contributed by atoms with E-state index in [0.717, 1.165) is 10.4 Å². The number of rotatable bonds is 4. The van der Waals surface area contributed by atoms with E-state index in [2.05, 4.69) is 9.72 Å². The van der Waals surface area contributed by atoms with Crippen molar-refractivity contribution in [2.45, 2.75) is 18.9 Å². The maximum atomic E-state index is 12.0. The van der Waals surface area contributed by atoms with Crippen molar-refractivity contribution in [1.29, 1.82) is 0 Å². The Hall–Kier alpha value is -1.60. The zero-order chi connectivity index (χ0) is 13.9. The maximum Gasteiger partial charge on any atom is 0.573 e. The molecule has 19 heavy (non-hydrogen) atoms. The van der Waals surface area contributed by atoms with Crippen LogP contribution in [-0.2, 0) is 6.42 Å². The van der Waals surface area contributed by atoms with Crippen LogP contribution >= 0.6 is 11.3 Å². The molecule has 0 fully saturated rings. The molecular formula is C12H10F3NO2S. The van der Waals surface area contributed by atoms with Crippen LogP contribution in [0.2, 0.25) is 0 Å². The van der Waals surface area contributed by atoms with Crippen LogP contribution in [0.4, 0.5) is 13.2 Å². The molecule has 1 unspecified atom stereocenters. The Kier molecular flexibility index (Phi) is 4.06. The molecule has 3 nitrogen and oxygen atoms in total. The fourth-order valence-corrected chi connectivity index (χ4v) is 2.15. The molecule has 0 aliphatic carbocycles. The smallest absolute Gasteiger partial charge is 0.406 e. The highest BCUT2D eigenvalue weighted by Gasteiger charge is 2.30. The van der Waals surface area contributed by atoms with Crippen LogP contribution in [-0.4, -0.2) is 16.5 Å². The normalized spacial score (nSPS) is 13.3. The number of aromatic nitrogens is 1. The van der Waals surface area contributed by atoms with Crippen LogP contribution in [0.15, 0.2) is 36.0 Å². The molecule has 1 aromatic carbocycles. The van der Waals surface area contributed by atoms with Crippen molar-refractivity contribution in [3.63, 3.8) is 0 Å². The van der Waals surface area contributed by atoms with Crippen LogP contribution in [0.25, 0.3) is 0 Å². The summed E-state index contributed by atoms with van der Waals surface area (Å²) >= 11 is 1.33. The van der Waals surface area contributed by atoms with E-state index in [-0.39, 0.29) is 5.75 Å². The number of hydrogen-bond donors (Lipinski definition) is 1. The van der Waals surface area contributed by atoms with Gasteiger partial charge in [0.2, 0.25) is 0 Å². The molecule has 0 aliphatic rings. The zero-order valence-corrected chi connectivity index (χ0v) is 10.4. The van der Waals surface area contributed by atoms with E-state index in [9.17, 15) is 18.3 Å². The first kappa shape index (κ1) is 13.8. The number of thiazole rings is 1. The molecule has 0 saturated carbocycles. The molecule has 0 radical (unpaired) electrons. The van der Waals surface area contributed by atoms with E-state index in [1.807, 2.05) is 0 Å². The lowest BCUT2D eigenvalue weighted by atomic mass is 10.1. The van der Waals surface area contributed by atoms with Gasteiger partial charge >= 0.3 is 6.36 Å². The molecule has 2 aromatic rings. The first-order chi connectivity index (χ1) is 8.94. The molecule has 0 spiro atoms. The summed E-state index contributed by atoms with van der Waals surface area (Å²) in [5.74, 6) is -0.275. The third kappa shape index (κ3) is 4.22. The summed E-state index contributed by atoms with van der Waals surface area (Å²) in [4.78, 5) is 4.57. The summed E-state index contributed by atoms with van der Waals surface area (Å²) in [6, 6.07) is 5.43. The fourth-order valence-electron chi connectivity index (χ4n) is 1.54. The molecule has 1 atom stereocenters. The van der Waals surface area contributed by atoms with Gasteiger partial charge in [-0.2, -0.15) is 0 Å². The van der Waals surface area contributed by atoms with Gasteiger partial charge < -0.3 is 9.84 Å². The summed E-state index contributed by atoms with van der Waals surface area (Å²) in [5.41, 5.74) is 2.33. The van der Waals surface area contributed by atoms with Crippen molar-refractivity contribution in [3.05, 3.63) is 46.4 Å². The number of aliphatic hydroxyl groups is 1. The second kappa shape index (κ2) is 5.58. The van der Waals surface area contributed by atoms with Gasteiger partial charge in [0.15, 0.2) is 0 Å². The van der Waals surface area contributed by atoms with E-state index < -0.39 is 12.5 Å². The van der Waals surface area contributed by atoms with E-state index in [0.29, 0.717) is 6.42 Å². The predicted molar refractivity (Wildman–Crippen MR) is 63.9 cm³/mol. The Bertz CT molecular complexity index is 511. The van der Waals surface area contributed by atoms with Crippen molar-refractivity contribution >= 4 is 11.3 Å². The topological polar surface area (TPSA) is 42.4 Å². The second-order valence-corrected chi connectivity index (χ2v) is 4.73. The second-order valence-electron chi connectivity index (χ2n) is 3.82. The molecule has 1 N–H and O–H groups in total. The van der Waals surface area contributed by atoms with Gasteiger partial charge in [-0.1, -0.05) is 12.1 Å². The van der Waals surface area contributed by atoms with Crippen LogP contribution in [0.5, 0.6) is 5.75 Å². The van der Waals surface area contributed by atoms with Crippen LogP contribution in [0, 0.1) is 0 Å². The molecule has 0 bridgehead atoms. The third-order valence-electron chi connectivity index (χ3n) is 2.37. The Morgan fingerprint density at radius 2 is 1.95 bits per heavy atom. The molecule has 2 rings (SSSR count). The summed E-state index contributed by atoms with van der Waals surface area (Å²) in [7, 11) is 0. The zero-order valence-electron chi connectivity index (χ0n) is 9.59. The van der Waals surface area contributed by atoms with Crippen molar-refractivity contribution in [2.24, 2.45) is 0 Å². The highest BCUT2D eigenvalue weighted by Crippen LogP contribution is 2.25. The van der Waals surface area contributed by atoms with Crippen molar-refractivity contribution < 1.29 is 23.0 Å². The molecule has 0 amide bonds. The number of aliphatic hydroxyl groups excluding tert-OH is 1. The monoisotopic (exact) mass is 289 g/mol. The maximum absolute atomic E-state index is 12.0. The number of hydrogen-bond acceptors (Lipinski definition) is 4.